The molecule has 1 aliphatic rings. The number of thioether (sulfide) groups is 1. The van der Waals surface area contributed by atoms with Gasteiger partial charge < -0.3 is 9.84 Å². The number of aryl methyl sites for hydroxylation is 1. The second-order valence-electron chi connectivity index (χ2n) is 8.08. The number of halogens is 2. The lowest BCUT2D eigenvalue weighted by Gasteiger charge is -2.20. The number of Topliss-reactive ketones (excluding diaryl/α,β-unsaturated/α-hetero) is 1. The minimum absolute atomic E-state index is 0.0185. The Morgan fingerprint density at radius 1 is 1.19 bits per heavy atom. The summed E-state index contributed by atoms with van der Waals surface area (Å²) in [5, 5.41) is 11.1. The van der Waals surface area contributed by atoms with Crippen LogP contribution in [-0.4, -0.2) is 39.8 Å². The quantitative estimate of drug-likeness (QED) is 0.413. The molecule has 0 spiro atoms. The summed E-state index contributed by atoms with van der Waals surface area (Å²) in [5.74, 6) is -0.164. The van der Waals surface area contributed by atoms with E-state index in [0.717, 1.165) is 16.2 Å². The fourth-order valence-corrected chi connectivity index (χ4v) is 5.55. The highest BCUT2D eigenvalue weighted by molar-refractivity contribution is 8.15. The lowest BCUT2D eigenvalue weighted by atomic mass is 9.96. The highest BCUT2D eigenvalue weighted by Gasteiger charge is 2.33. The molecule has 2 atom stereocenters. The van der Waals surface area contributed by atoms with Crippen molar-refractivity contribution in [2.45, 2.75) is 44.9 Å². The molecule has 0 amide bonds. The molecule has 1 aliphatic heterocycles. The Morgan fingerprint density at radius 3 is 2.56 bits per heavy atom. The molecule has 32 heavy (non-hydrogen) atoms. The van der Waals surface area contributed by atoms with Crippen molar-refractivity contribution < 1.29 is 19.4 Å². The highest BCUT2D eigenvalue weighted by Crippen LogP contribution is 2.39. The van der Waals surface area contributed by atoms with Crippen LogP contribution in [0.3, 0.4) is 0 Å². The molecule has 8 heteroatoms. The molecule has 0 saturated heterocycles. The number of aliphatic carboxylic acids is 1. The van der Waals surface area contributed by atoms with E-state index in [4.69, 9.17) is 38.0 Å². The molecular weight excluding hydrogens is 469 g/mol. The summed E-state index contributed by atoms with van der Waals surface area (Å²) < 4.78 is 5.24. The third-order valence-corrected chi connectivity index (χ3v) is 7.47. The zero-order valence-corrected chi connectivity index (χ0v) is 20.4. The zero-order valence-electron chi connectivity index (χ0n) is 18.1. The van der Waals surface area contributed by atoms with Gasteiger partial charge in [0.1, 0.15) is 5.75 Å². The Kier molecular flexibility index (Phi) is 8.26. The van der Waals surface area contributed by atoms with Crippen molar-refractivity contribution in [2.75, 3.05) is 6.61 Å². The van der Waals surface area contributed by atoms with Gasteiger partial charge in [0.2, 0.25) is 0 Å². The predicted octanol–water partition coefficient (Wildman–Crippen LogP) is 6.31. The average molecular weight is 494 g/mol. The van der Waals surface area contributed by atoms with Gasteiger partial charge in [-0.2, -0.15) is 0 Å². The molecule has 0 radical (unpaired) electrons. The Morgan fingerprint density at radius 2 is 1.94 bits per heavy atom. The Balaban J connectivity index is 1.70. The van der Waals surface area contributed by atoms with E-state index in [-0.39, 0.29) is 17.1 Å². The molecule has 3 rings (SSSR count). The molecule has 0 aliphatic carbocycles. The van der Waals surface area contributed by atoms with E-state index < -0.39 is 12.6 Å². The molecule has 1 N–H and O–H groups in total. The van der Waals surface area contributed by atoms with Gasteiger partial charge in [-0.3, -0.25) is 9.79 Å². The fourth-order valence-electron chi connectivity index (χ4n) is 3.61. The summed E-state index contributed by atoms with van der Waals surface area (Å²) >= 11 is 14.1. The monoisotopic (exact) mass is 493 g/mol. The SMILES string of the molecule is Cc1cc(C(=O)CCC2N=C(c3ccc(Cl)cc3Cl)SC2C(C)C)ccc1OCC(=O)O. The number of carboxylic acid groups (broad SMARTS) is 1. The largest absolute Gasteiger partial charge is 0.482 e. The molecule has 1 heterocycles. The lowest BCUT2D eigenvalue weighted by Crippen LogP contribution is -2.24. The number of nitrogens with zero attached hydrogens (tertiary/aromatic N) is 1. The number of hydrogen-bond acceptors (Lipinski definition) is 5. The second-order valence-corrected chi connectivity index (χ2v) is 10.1. The summed E-state index contributed by atoms with van der Waals surface area (Å²) in [5.41, 5.74) is 2.18. The Bertz CT molecular complexity index is 1050. The van der Waals surface area contributed by atoms with E-state index in [9.17, 15) is 9.59 Å². The normalized spacial score (nSPS) is 18.0. The van der Waals surface area contributed by atoms with Crippen LogP contribution in [0, 0.1) is 12.8 Å². The van der Waals surface area contributed by atoms with E-state index in [1.54, 1.807) is 49.0 Å². The van der Waals surface area contributed by atoms with Gasteiger partial charge in [-0.05, 0) is 61.2 Å². The van der Waals surface area contributed by atoms with Crippen LogP contribution in [0.2, 0.25) is 10.0 Å². The Hall–Kier alpha value is -2.02. The topological polar surface area (TPSA) is 76.0 Å². The molecule has 0 fully saturated rings. The molecule has 0 aromatic heterocycles. The number of ketones is 1. The maximum Gasteiger partial charge on any atom is 0.341 e. The molecule has 0 bridgehead atoms. The molecule has 2 unspecified atom stereocenters. The van der Waals surface area contributed by atoms with Crippen molar-refractivity contribution in [3.05, 3.63) is 63.1 Å². The average Bonchev–Trinajstić information content (AvgIpc) is 3.15. The Labute approximate surface area is 202 Å². The molecule has 0 saturated carbocycles. The van der Waals surface area contributed by atoms with Crippen LogP contribution in [0.25, 0.3) is 0 Å². The van der Waals surface area contributed by atoms with Gasteiger partial charge in [0.25, 0.3) is 0 Å². The van der Waals surface area contributed by atoms with Gasteiger partial charge in [-0.15, -0.1) is 11.8 Å². The third-order valence-electron chi connectivity index (χ3n) is 5.24. The van der Waals surface area contributed by atoms with E-state index in [0.29, 0.717) is 40.1 Å². The molecular formula is C24H25Cl2NO4S. The molecule has 5 nitrogen and oxygen atoms in total. The van der Waals surface area contributed by atoms with Crippen LogP contribution in [0.15, 0.2) is 41.4 Å². The number of hydrogen-bond donors (Lipinski definition) is 1. The minimum Gasteiger partial charge on any atom is -0.482 e. The van der Waals surface area contributed by atoms with Gasteiger partial charge in [0, 0.05) is 27.8 Å². The number of aliphatic imine (C=N–C) groups is 1. The number of rotatable bonds is 9. The third kappa shape index (κ3) is 6.06. The van der Waals surface area contributed by atoms with Crippen molar-refractivity contribution in [1.29, 1.82) is 0 Å². The number of ether oxygens (including phenoxy) is 1. The van der Waals surface area contributed by atoms with Crippen molar-refractivity contribution in [1.82, 2.24) is 0 Å². The summed E-state index contributed by atoms with van der Waals surface area (Å²) in [6, 6.07) is 10.5. The van der Waals surface area contributed by atoms with E-state index in [2.05, 4.69) is 13.8 Å². The first kappa shape index (κ1) is 24.6. The van der Waals surface area contributed by atoms with Crippen LogP contribution >= 0.6 is 35.0 Å². The van der Waals surface area contributed by atoms with Crippen LogP contribution in [0.4, 0.5) is 0 Å². The number of benzene rings is 2. The number of carbonyl (C=O) groups excluding carboxylic acids is 1. The van der Waals surface area contributed by atoms with Gasteiger partial charge >= 0.3 is 5.97 Å². The van der Waals surface area contributed by atoms with Gasteiger partial charge in [-0.25, -0.2) is 4.79 Å². The number of carboxylic acids is 1. The first-order chi connectivity index (χ1) is 15.2. The van der Waals surface area contributed by atoms with E-state index >= 15 is 0 Å². The van der Waals surface area contributed by atoms with Gasteiger partial charge in [0.15, 0.2) is 12.4 Å². The van der Waals surface area contributed by atoms with Crippen molar-refractivity contribution in [3.8, 4) is 5.75 Å². The predicted molar refractivity (Wildman–Crippen MR) is 131 cm³/mol. The minimum atomic E-state index is -1.04. The van der Waals surface area contributed by atoms with Crippen LogP contribution in [0.5, 0.6) is 5.75 Å². The second kappa shape index (κ2) is 10.7. The summed E-state index contributed by atoms with van der Waals surface area (Å²) in [6.45, 7) is 5.70. The van der Waals surface area contributed by atoms with Crippen molar-refractivity contribution in [3.63, 3.8) is 0 Å². The fraction of sp³-hybridized carbons (Fsp3) is 0.375. The van der Waals surface area contributed by atoms with E-state index in [1.807, 2.05) is 6.07 Å². The summed E-state index contributed by atoms with van der Waals surface area (Å²) in [7, 11) is 0. The van der Waals surface area contributed by atoms with Gasteiger partial charge in [0.05, 0.1) is 16.1 Å². The maximum atomic E-state index is 12.8. The standard InChI is InChI=1S/C24H25Cl2NO4S/c1-13(2)23-19(27-24(32-23)17-6-5-16(25)11-18(17)26)7-8-20(28)15-4-9-21(14(3)10-15)31-12-22(29)30/h4-6,9-11,13,19,23H,7-8,12H2,1-3H3,(H,29,30). The molecule has 170 valence electrons. The maximum absolute atomic E-state index is 12.8. The zero-order chi connectivity index (χ0) is 23.4. The van der Waals surface area contributed by atoms with Crippen LogP contribution < -0.4 is 4.74 Å². The van der Waals surface area contributed by atoms with Gasteiger partial charge in [-0.1, -0.05) is 37.0 Å². The van der Waals surface area contributed by atoms with E-state index in [1.165, 1.54) is 0 Å². The van der Waals surface area contributed by atoms with Crippen LogP contribution in [0.1, 0.15) is 48.2 Å². The highest BCUT2D eigenvalue weighted by atomic mass is 35.5. The number of carbonyl (C=O) groups is 2. The lowest BCUT2D eigenvalue weighted by molar-refractivity contribution is -0.139. The summed E-state index contributed by atoms with van der Waals surface area (Å²) in [6.07, 6.45) is 1.01. The summed E-state index contributed by atoms with van der Waals surface area (Å²) in [4.78, 5) is 28.4. The molecule has 2 aromatic carbocycles. The van der Waals surface area contributed by atoms with Crippen molar-refractivity contribution in [2.24, 2.45) is 10.9 Å². The van der Waals surface area contributed by atoms with Crippen LogP contribution in [-0.2, 0) is 4.79 Å². The van der Waals surface area contributed by atoms with Crippen molar-refractivity contribution >= 4 is 51.8 Å². The molecule has 2 aromatic rings. The first-order valence-electron chi connectivity index (χ1n) is 10.3. The first-order valence-corrected chi connectivity index (χ1v) is 12.0. The smallest absolute Gasteiger partial charge is 0.341 e.